The third-order valence-electron chi connectivity index (χ3n) is 5.26. The van der Waals surface area contributed by atoms with E-state index in [0.717, 1.165) is 23.0 Å². The van der Waals surface area contributed by atoms with Crippen molar-refractivity contribution >= 4 is 6.29 Å². The molecule has 0 heterocycles. The zero-order valence-corrected chi connectivity index (χ0v) is 18.4. The van der Waals surface area contributed by atoms with Crippen LogP contribution in [0.25, 0.3) is 11.1 Å². The van der Waals surface area contributed by atoms with Gasteiger partial charge in [0.25, 0.3) is 0 Å². The molecule has 3 aromatic rings. The number of hydroxylamine groups is 1. The van der Waals surface area contributed by atoms with Gasteiger partial charge in [0.05, 0.1) is 18.2 Å². The van der Waals surface area contributed by atoms with Crippen LogP contribution in [0.3, 0.4) is 0 Å². The number of benzene rings is 3. The molecule has 0 aliphatic rings. The smallest absolute Gasteiger partial charge is 0.312 e. The normalized spacial score (nSPS) is 12.5. The van der Waals surface area contributed by atoms with Gasteiger partial charge in [0.1, 0.15) is 6.29 Å². The molecule has 2 N–H and O–H groups in total. The monoisotopic (exact) mass is 456 g/mol. The van der Waals surface area contributed by atoms with Gasteiger partial charge in [-0.25, -0.2) is 0 Å². The Labute approximate surface area is 191 Å². The lowest BCUT2D eigenvalue weighted by atomic mass is 9.99. The first kappa shape index (κ1) is 24.6. The van der Waals surface area contributed by atoms with E-state index in [1.807, 2.05) is 37.3 Å². The van der Waals surface area contributed by atoms with Gasteiger partial charge in [-0.15, -0.1) is 0 Å². The van der Waals surface area contributed by atoms with Gasteiger partial charge in [0.2, 0.25) is 0 Å². The molecule has 0 fully saturated rings. The lowest BCUT2D eigenvalue weighted by Crippen LogP contribution is -2.20. The molecule has 3 aromatic carbocycles. The Hall–Kier alpha value is -3.00. The van der Waals surface area contributed by atoms with Crippen LogP contribution < -0.4 is 10.8 Å². The highest BCUT2D eigenvalue weighted by atomic mass is 19.4. The highest BCUT2D eigenvalue weighted by Crippen LogP contribution is 2.35. The first-order valence-electron chi connectivity index (χ1n) is 10.7. The number of alkyl halides is 3. The maximum absolute atomic E-state index is 13.7. The highest BCUT2D eigenvalue weighted by molar-refractivity contribution is 5.65. The predicted molar refractivity (Wildman–Crippen MR) is 122 cm³/mol. The number of nitrogens with one attached hydrogen (secondary N) is 2. The van der Waals surface area contributed by atoms with E-state index in [1.54, 1.807) is 30.3 Å². The first-order chi connectivity index (χ1) is 15.9. The Bertz CT molecular complexity index is 1020. The molecule has 3 rings (SSSR count). The van der Waals surface area contributed by atoms with Crippen molar-refractivity contribution in [1.82, 2.24) is 10.8 Å². The van der Waals surface area contributed by atoms with Gasteiger partial charge >= 0.3 is 6.18 Å². The number of rotatable bonds is 11. The van der Waals surface area contributed by atoms with Crippen molar-refractivity contribution in [3.05, 3.63) is 95.1 Å². The number of hydrogen-bond donors (Lipinski definition) is 2. The lowest BCUT2D eigenvalue weighted by Gasteiger charge is -2.18. The number of aldehydes is 1. The molecule has 174 valence electrons. The van der Waals surface area contributed by atoms with E-state index in [1.165, 1.54) is 12.1 Å². The second kappa shape index (κ2) is 11.7. The maximum Gasteiger partial charge on any atom is 0.416 e. The number of carbonyl (C=O) groups is 1. The number of carbonyl (C=O) groups excluding carboxylic acids is 1. The summed E-state index contributed by atoms with van der Waals surface area (Å²) in [5.41, 5.74) is 5.45. The van der Waals surface area contributed by atoms with Crippen molar-refractivity contribution in [2.45, 2.75) is 38.7 Å². The second-order valence-corrected chi connectivity index (χ2v) is 7.74. The van der Waals surface area contributed by atoms with Crippen LogP contribution in [-0.2, 0) is 29.0 Å². The minimum atomic E-state index is -4.48. The zero-order chi connectivity index (χ0) is 23.7. The minimum absolute atomic E-state index is 0.0682. The molecular formula is C26H27F3N2O2. The van der Waals surface area contributed by atoms with Gasteiger partial charge in [0.15, 0.2) is 0 Å². The van der Waals surface area contributed by atoms with Crippen LogP contribution in [0.2, 0.25) is 0 Å². The van der Waals surface area contributed by atoms with Gasteiger partial charge < -0.3 is 10.1 Å². The average molecular weight is 457 g/mol. The lowest BCUT2D eigenvalue weighted by molar-refractivity contribution is -0.139. The van der Waals surface area contributed by atoms with Crippen molar-refractivity contribution in [3.63, 3.8) is 0 Å². The topological polar surface area (TPSA) is 50.4 Å². The Morgan fingerprint density at radius 2 is 1.70 bits per heavy atom. The van der Waals surface area contributed by atoms with Crippen molar-refractivity contribution in [1.29, 1.82) is 0 Å². The SMILES string of the molecule is CC(NOCc1ccc(-c2ccccc2)cc1C(F)(F)F)c1ccc(CNCCC=O)cc1. The molecule has 0 aliphatic heterocycles. The Balaban J connectivity index is 1.59. The van der Waals surface area contributed by atoms with E-state index >= 15 is 0 Å². The largest absolute Gasteiger partial charge is 0.416 e. The third-order valence-corrected chi connectivity index (χ3v) is 5.26. The van der Waals surface area contributed by atoms with Gasteiger partial charge in [-0.05, 0) is 40.8 Å². The second-order valence-electron chi connectivity index (χ2n) is 7.74. The van der Waals surface area contributed by atoms with E-state index in [2.05, 4.69) is 10.8 Å². The Kier molecular flexibility index (Phi) is 8.77. The Morgan fingerprint density at radius 1 is 0.970 bits per heavy atom. The van der Waals surface area contributed by atoms with Crippen molar-refractivity contribution in [3.8, 4) is 11.1 Å². The molecule has 0 bridgehead atoms. The van der Waals surface area contributed by atoms with Crippen LogP contribution in [0.15, 0.2) is 72.8 Å². The van der Waals surface area contributed by atoms with Crippen molar-refractivity contribution in [2.24, 2.45) is 0 Å². The summed E-state index contributed by atoms with van der Waals surface area (Å²) in [6, 6.07) is 20.9. The maximum atomic E-state index is 13.7. The van der Waals surface area contributed by atoms with Crippen LogP contribution in [-0.4, -0.2) is 12.8 Å². The number of halogens is 3. The molecule has 7 heteroatoms. The summed E-state index contributed by atoms with van der Waals surface area (Å²) in [5.74, 6) is 0. The van der Waals surface area contributed by atoms with Crippen LogP contribution >= 0.6 is 0 Å². The van der Waals surface area contributed by atoms with Gasteiger partial charge in [0, 0.05) is 19.5 Å². The summed E-state index contributed by atoms with van der Waals surface area (Å²) in [7, 11) is 0. The highest BCUT2D eigenvalue weighted by Gasteiger charge is 2.33. The van der Waals surface area contributed by atoms with Crippen LogP contribution in [0, 0.1) is 0 Å². The number of hydrogen-bond acceptors (Lipinski definition) is 4. The van der Waals surface area contributed by atoms with E-state index in [0.29, 0.717) is 25.1 Å². The van der Waals surface area contributed by atoms with Crippen LogP contribution in [0.4, 0.5) is 13.2 Å². The average Bonchev–Trinajstić information content (AvgIpc) is 2.82. The van der Waals surface area contributed by atoms with E-state index in [9.17, 15) is 18.0 Å². The fraction of sp³-hybridized carbons (Fsp3) is 0.269. The Morgan fingerprint density at radius 3 is 2.36 bits per heavy atom. The van der Waals surface area contributed by atoms with Crippen LogP contribution in [0.5, 0.6) is 0 Å². The molecule has 1 atom stereocenters. The molecular weight excluding hydrogens is 429 g/mol. The fourth-order valence-electron chi connectivity index (χ4n) is 3.41. The summed E-state index contributed by atoms with van der Waals surface area (Å²) in [5, 5.41) is 3.17. The van der Waals surface area contributed by atoms with E-state index in [-0.39, 0.29) is 18.2 Å². The molecule has 1 unspecified atom stereocenters. The first-order valence-corrected chi connectivity index (χ1v) is 10.7. The molecule has 0 saturated carbocycles. The molecule has 0 radical (unpaired) electrons. The minimum Gasteiger partial charge on any atom is -0.312 e. The molecule has 0 saturated heterocycles. The summed E-state index contributed by atoms with van der Waals surface area (Å²) >= 11 is 0. The summed E-state index contributed by atoms with van der Waals surface area (Å²) in [6.07, 6.45) is -3.13. The zero-order valence-electron chi connectivity index (χ0n) is 18.4. The molecule has 0 amide bonds. The van der Waals surface area contributed by atoms with Crippen LogP contribution in [0.1, 0.15) is 41.6 Å². The van der Waals surface area contributed by atoms with E-state index in [4.69, 9.17) is 4.84 Å². The quantitative estimate of drug-likeness (QED) is 0.216. The molecule has 33 heavy (non-hydrogen) atoms. The van der Waals surface area contributed by atoms with Crippen molar-refractivity contribution in [2.75, 3.05) is 6.54 Å². The molecule has 0 aliphatic carbocycles. The summed E-state index contributed by atoms with van der Waals surface area (Å²) < 4.78 is 41.0. The predicted octanol–water partition coefficient (Wildman–Crippen LogP) is 5.83. The summed E-state index contributed by atoms with van der Waals surface area (Å²) in [4.78, 5) is 15.8. The van der Waals surface area contributed by atoms with Gasteiger partial charge in [-0.2, -0.15) is 18.7 Å². The summed E-state index contributed by atoms with van der Waals surface area (Å²) in [6.45, 7) is 2.95. The van der Waals surface area contributed by atoms with Crippen molar-refractivity contribution < 1.29 is 22.8 Å². The molecule has 0 aromatic heterocycles. The molecule has 0 spiro atoms. The third kappa shape index (κ3) is 7.25. The molecule has 4 nitrogen and oxygen atoms in total. The van der Waals surface area contributed by atoms with Gasteiger partial charge in [-0.3, -0.25) is 4.84 Å². The van der Waals surface area contributed by atoms with E-state index < -0.39 is 11.7 Å². The van der Waals surface area contributed by atoms with Gasteiger partial charge in [-0.1, -0.05) is 66.7 Å². The standard InChI is InChI=1S/C26H27F3N2O2/c1-19(21-10-8-20(9-11-21)17-30-14-5-15-32)31-33-18-24-13-12-23(16-25(24)26(27,28)29)22-6-3-2-4-7-22/h2-4,6-13,15-16,19,30-31H,5,14,17-18H2,1H3. The fourth-order valence-corrected chi connectivity index (χ4v) is 3.41.